The number of rotatable bonds is 6. The molecule has 1 aliphatic carbocycles. The first kappa shape index (κ1) is 17.8. The van der Waals surface area contributed by atoms with E-state index in [1.165, 1.54) is 31.0 Å². The number of amides is 1. The first-order valence-corrected chi connectivity index (χ1v) is 9.63. The zero-order valence-corrected chi connectivity index (χ0v) is 15.5. The summed E-state index contributed by atoms with van der Waals surface area (Å²) in [5.74, 6) is 1.68. The lowest BCUT2D eigenvalue weighted by Gasteiger charge is -2.29. The van der Waals surface area contributed by atoms with Gasteiger partial charge in [-0.05, 0) is 30.9 Å². The fourth-order valence-electron chi connectivity index (χ4n) is 3.23. The van der Waals surface area contributed by atoms with Crippen LogP contribution in [0.15, 0.2) is 35.7 Å². The van der Waals surface area contributed by atoms with E-state index in [0.29, 0.717) is 22.9 Å². The van der Waals surface area contributed by atoms with Crippen molar-refractivity contribution in [2.45, 2.75) is 43.8 Å². The van der Waals surface area contributed by atoms with E-state index in [1.54, 1.807) is 13.4 Å². The molecule has 7 heteroatoms. The van der Waals surface area contributed by atoms with E-state index >= 15 is 0 Å². The van der Waals surface area contributed by atoms with Gasteiger partial charge in [0.05, 0.1) is 18.6 Å². The van der Waals surface area contributed by atoms with Crippen molar-refractivity contribution in [2.24, 2.45) is 5.92 Å². The smallest absolute Gasteiger partial charge is 0.230 e. The zero-order chi connectivity index (χ0) is 17.6. The number of hydrogen-bond acceptors (Lipinski definition) is 5. The van der Waals surface area contributed by atoms with E-state index in [1.807, 2.05) is 28.8 Å². The van der Waals surface area contributed by atoms with Gasteiger partial charge in [0.1, 0.15) is 12.1 Å². The highest BCUT2D eigenvalue weighted by Gasteiger charge is 2.23. The molecule has 6 nitrogen and oxygen atoms in total. The van der Waals surface area contributed by atoms with Crippen LogP contribution in [-0.4, -0.2) is 39.6 Å². The van der Waals surface area contributed by atoms with Gasteiger partial charge in [-0.3, -0.25) is 9.36 Å². The van der Waals surface area contributed by atoms with Gasteiger partial charge in [0.15, 0.2) is 5.16 Å². The van der Waals surface area contributed by atoms with Crippen LogP contribution in [0, 0.1) is 5.92 Å². The number of benzene rings is 1. The maximum atomic E-state index is 12.3. The normalized spacial score (nSPS) is 20.2. The van der Waals surface area contributed by atoms with E-state index in [0.717, 1.165) is 17.9 Å². The predicted molar refractivity (Wildman–Crippen MR) is 98.2 cm³/mol. The van der Waals surface area contributed by atoms with Gasteiger partial charge in [-0.1, -0.05) is 43.7 Å². The third-order valence-electron chi connectivity index (χ3n) is 4.65. The lowest BCUT2D eigenvalue weighted by molar-refractivity contribution is -0.119. The number of ether oxygens (including phenoxy) is 1. The Labute approximate surface area is 152 Å². The number of methoxy groups -OCH3 is 1. The number of nitrogens with zero attached hydrogens (tertiary/aromatic N) is 3. The Hall–Kier alpha value is -2.02. The number of thioether (sulfide) groups is 1. The second-order valence-corrected chi connectivity index (χ2v) is 7.32. The van der Waals surface area contributed by atoms with Gasteiger partial charge in [0.2, 0.25) is 5.91 Å². The van der Waals surface area contributed by atoms with Crippen LogP contribution in [0.3, 0.4) is 0 Å². The van der Waals surface area contributed by atoms with Crippen molar-refractivity contribution < 1.29 is 9.53 Å². The lowest BCUT2D eigenvalue weighted by Crippen LogP contribution is -2.41. The third kappa shape index (κ3) is 4.34. The highest BCUT2D eigenvalue weighted by molar-refractivity contribution is 7.99. The molecule has 0 bridgehead atoms. The topological polar surface area (TPSA) is 69.0 Å². The zero-order valence-electron chi connectivity index (χ0n) is 14.6. The van der Waals surface area contributed by atoms with Crippen LogP contribution in [0.4, 0.5) is 0 Å². The van der Waals surface area contributed by atoms with Crippen molar-refractivity contribution in [3.63, 3.8) is 0 Å². The Kier molecular flexibility index (Phi) is 5.96. The van der Waals surface area contributed by atoms with Crippen LogP contribution in [-0.2, 0) is 4.79 Å². The molecule has 1 aliphatic rings. The minimum atomic E-state index is 0.0540. The van der Waals surface area contributed by atoms with Crippen molar-refractivity contribution >= 4 is 17.7 Å². The molecule has 2 aromatic rings. The molecule has 1 N–H and O–H groups in total. The molecule has 25 heavy (non-hydrogen) atoms. The molecular weight excluding hydrogens is 336 g/mol. The fourth-order valence-corrected chi connectivity index (χ4v) is 3.96. The standard InChI is InChI=1S/C18H24N4O2S/c1-13-7-3-4-8-14(13)20-17(23)11-25-18-21-19-12-22(18)15-9-5-6-10-16(15)24-2/h5-6,9-10,12-14H,3-4,7-8,11H2,1-2H3,(H,20,23)/t13-,14-/m1/s1. The molecule has 1 fully saturated rings. The lowest BCUT2D eigenvalue weighted by atomic mass is 9.86. The molecule has 134 valence electrons. The molecular formula is C18H24N4O2S. The average molecular weight is 360 g/mol. The molecule has 0 spiro atoms. The molecule has 1 aromatic carbocycles. The molecule has 0 unspecified atom stereocenters. The summed E-state index contributed by atoms with van der Waals surface area (Å²) in [6.45, 7) is 2.22. The van der Waals surface area contributed by atoms with Crippen molar-refractivity contribution in [3.05, 3.63) is 30.6 Å². The second kappa shape index (κ2) is 8.38. The number of para-hydroxylation sites is 2. The SMILES string of the molecule is COc1ccccc1-n1cnnc1SCC(=O)N[C@@H]1CCCC[C@H]1C. The van der Waals surface area contributed by atoms with Crippen molar-refractivity contribution in [2.75, 3.05) is 12.9 Å². The Balaban J connectivity index is 1.63. The quantitative estimate of drug-likeness (QED) is 0.802. The summed E-state index contributed by atoms with van der Waals surface area (Å²) in [6, 6.07) is 7.98. The number of carbonyl (C=O) groups is 1. The van der Waals surface area contributed by atoms with E-state index in [-0.39, 0.29) is 5.91 Å². The van der Waals surface area contributed by atoms with Crippen molar-refractivity contribution in [3.8, 4) is 11.4 Å². The van der Waals surface area contributed by atoms with Crippen LogP contribution in [0.5, 0.6) is 5.75 Å². The monoisotopic (exact) mass is 360 g/mol. The Morgan fingerprint density at radius 3 is 2.96 bits per heavy atom. The van der Waals surface area contributed by atoms with E-state index < -0.39 is 0 Å². The van der Waals surface area contributed by atoms with Gasteiger partial charge >= 0.3 is 0 Å². The second-order valence-electron chi connectivity index (χ2n) is 6.38. The molecule has 2 atom stereocenters. The Morgan fingerprint density at radius 2 is 2.16 bits per heavy atom. The first-order valence-electron chi connectivity index (χ1n) is 8.64. The molecule has 3 rings (SSSR count). The summed E-state index contributed by atoms with van der Waals surface area (Å²) in [4.78, 5) is 12.3. The maximum Gasteiger partial charge on any atom is 0.230 e. The molecule has 1 aromatic heterocycles. The van der Waals surface area contributed by atoms with E-state index in [2.05, 4.69) is 22.4 Å². The van der Waals surface area contributed by atoms with Gasteiger partial charge < -0.3 is 10.1 Å². The Bertz CT molecular complexity index is 719. The largest absolute Gasteiger partial charge is 0.495 e. The van der Waals surface area contributed by atoms with Crippen LogP contribution in [0.1, 0.15) is 32.6 Å². The van der Waals surface area contributed by atoms with Crippen LogP contribution in [0.2, 0.25) is 0 Å². The minimum absolute atomic E-state index is 0.0540. The fraction of sp³-hybridized carbons (Fsp3) is 0.500. The Morgan fingerprint density at radius 1 is 1.36 bits per heavy atom. The highest BCUT2D eigenvalue weighted by Crippen LogP contribution is 2.27. The van der Waals surface area contributed by atoms with Crippen LogP contribution >= 0.6 is 11.8 Å². The van der Waals surface area contributed by atoms with Crippen molar-refractivity contribution in [1.29, 1.82) is 0 Å². The average Bonchev–Trinajstić information content (AvgIpc) is 3.10. The van der Waals surface area contributed by atoms with Crippen LogP contribution < -0.4 is 10.1 Å². The summed E-state index contributed by atoms with van der Waals surface area (Å²) in [7, 11) is 1.63. The molecule has 1 heterocycles. The minimum Gasteiger partial charge on any atom is -0.495 e. The molecule has 1 saturated carbocycles. The van der Waals surface area contributed by atoms with Gasteiger partial charge in [-0.25, -0.2) is 0 Å². The number of hydrogen-bond donors (Lipinski definition) is 1. The van der Waals surface area contributed by atoms with Crippen molar-refractivity contribution in [1.82, 2.24) is 20.1 Å². The molecule has 1 amide bonds. The van der Waals surface area contributed by atoms with Gasteiger partial charge in [0, 0.05) is 6.04 Å². The first-order chi connectivity index (χ1) is 12.2. The van der Waals surface area contributed by atoms with E-state index in [9.17, 15) is 4.79 Å². The summed E-state index contributed by atoms with van der Waals surface area (Å²) in [5.41, 5.74) is 0.860. The summed E-state index contributed by atoms with van der Waals surface area (Å²) in [5, 5.41) is 12.0. The number of nitrogens with one attached hydrogen (secondary N) is 1. The summed E-state index contributed by atoms with van der Waals surface area (Å²) >= 11 is 1.39. The molecule has 0 saturated heterocycles. The molecule has 0 radical (unpaired) electrons. The van der Waals surface area contributed by atoms with Crippen LogP contribution in [0.25, 0.3) is 5.69 Å². The maximum absolute atomic E-state index is 12.3. The predicted octanol–water partition coefficient (Wildman–Crippen LogP) is 3.06. The molecule has 0 aliphatic heterocycles. The van der Waals surface area contributed by atoms with Gasteiger partial charge in [0.25, 0.3) is 0 Å². The number of aromatic nitrogens is 3. The van der Waals surface area contributed by atoms with Gasteiger partial charge in [-0.2, -0.15) is 0 Å². The van der Waals surface area contributed by atoms with E-state index in [4.69, 9.17) is 4.74 Å². The van der Waals surface area contributed by atoms with Gasteiger partial charge in [-0.15, -0.1) is 10.2 Å². The summed E-state index contributed by atoms with van der Waals surface area (Å²) < 4.78 is 7.24. The number of carbonyl (C=O) groups excluding carboxylic acids is 1. The third-order valence-corrected chi connectivity index (χ3v) is 5.59. The highest BCUT2D eigenvalue weighted by atomic mass is 32.2. The summed E-state index contributed by atoms with van der Waals surface area (Å²) in [6.07, 6.45) is 6.38.